The number of hydrogen-bond donors (Lipinski definition) is 0. The molecule has 1 aliphatic rings. The summed E-state index contributed by atoms with van der Waals surface area (Å²) in [6, 6.07) is 0. The molecule has 2 atom stereocenters. The van der Waals surface area contributed by atoms with Crippen molar-refractivity contribution in [3.63, 3.8) is 0 Å². The van der Waals surface area contributed by atoms with Crippen LogP contribution in [-0.2, 0) is 19.9 Å². The highest BCUT2D eigenvalue weighted by Gasteiger charge is 2.23. The van der Waals surface area contributed by atoms with E-state index < -0.39 is 0 Å². The summed E-state index contributed by atoms with van der Waals surface area (Å²) in [5.74, 6) is 0.725. The highest BCUT2D eigenvalue weighted by Crippen LogP contribution is 2.32. The number of aryl methyl sites for hydroxylation is 2. The summed E-state index contributed by atoms with van der Waals surface area (Å²) in [6.07, 6.45) is 7.01. The first-order chi connectivity index (χ1) is 8.11. The van der Waals surface area contributed by atoms with Crippen molar-refractivity contribution in [1.29, 1.82) is 0 Å². The maximum absolute atomic E-state index is 6.26. The molecule has 2 nitrogen and oxygen atoms in total. The minimum Gasteiger partial charge on any atom is -0.271 e. The van der Waals surface area contributed by atoms with Crippen molar-refractivity contribution in [3.8, 4) is 0 Å². The fourth-order valence-corrected chi connectivity index (χ4v) is 3.91. The Kier molecular flexibility index (Phi) is 4.53. The molecule has 1 saturated carbocycles. The Labute approximate surface area is 117 Å². The van der Waals surface area contributed by atoms with Crippen LogP contribution in [0.15, 0.2) is 4.47 Å². The van der Waals surface area contributed by atoms with Crippen LogP contribution >= 0.6 is 27.5 Å². The van der Waals surface area contributed by atoms with E-state index in [4.69, 9.17) is 11.6 Å². The molecule has 1 heterocycles. The third-order valence-electron chi connectivity index (χ3n) is 3.70. The Morgan fingerprint density at radius 2 is 2.24 bits per heavy atom. The van der Waals surface area contributed by atoms with Crippen LogP contribution in [0.25, 0.3) is 0 Å². The van der Waals surface area contributed by atoms with Gasteiger partial charge in [-0.05, 0) is 54.0 Å². The van der Waals surface area contributed by atoms with Crippen LogP contribution in [0.3, 0.4) is 0 Å². The van der Waals surface area contributed by atoms with Crippen molar-refractivity contribution in [2.75, 3.05) is 0 Å². The van der Waals surface area contributed by atoms with Gasteiger partial charge in [-0.2, -0.15) is 5.10 Å². The molecule has 4 heteroatoms. The predicted octanol–water partition coefficient (Wildman–Crippen LogP) is 4.09. The molecule has 0 aliphatic heterocycles. The molecule has 1 aliphatic carbocycles. The lowest BCUT2D eigenvalue weighted by Gasteiger charge is -2.25. The zero-order chi connectivity index (χ0) is 12.4. The second kappa shape index (κ2) is 5.75. The van der Waals surface area contributed by atoms with Gasteiger partial charge in [0, 0.05) is 12.4 Å². The van der Waals surface area contributed by atoms with Gasteiger partial charge in [-0.1, -0.05) is 13.3 Å². The smallest absolute Gasteiger partial charge is 0.0766 e. The van der Waals surface area contributed by atoms with Gasteiger partial charge in [0.2, 0.25) is 0 Å². The van der Waals surface area contributed by atoms with E-state index >= 15 is 0 Å². The van der Waals surface area contributed by atoms with E-state index in [2.05, 4.69) is 28.0 Å². The Balaban J connectivity index is 2.10. The quantitative estimate of drug-likeness (QED) is 0.767. The Bertz CT molecular complexity index is 389. The van der Waals surface area contributed by atoms with Crippen LogP contribution in [0.4, 0.5) is 0 Å². The molecule has 0 N–H and O–H groups in total. The molecule has 1 aromatic heterocycles. The zero-order valence-electron chi connectivity index (χ0n) is 10.5. The number of halogens is 2. The maximum atomic E-state index is 6.26. The molecule has 0 amide bonds. The summed E-state index contributed by atoms with van der Waals surface area (Å²) in [7, 11) is 2.04. The summed E-state index contributed by atoms with van der Waals surface area (Å²) < 4.78 is 3.24. The van der Waals surface area contributed by atoms with Crippen LogP contribution in [0.5, 0.6) is 0 Å². The van der Waals surface area contributed by atoms with Gasteiger partial charge in [0.1, 0.15) is 0 Å². The van der Waals surface area contributed by atoms with Gasteiger partial charge in [0.05, 0.1) is 15.9 Å². The molecule has 1 aromatic rings. The molecule has 17 heavy (non-hydrogen) atoms. The maximum Gasteiger partial charge on any atom is 0.0766 e. The van der Waals surface area contributed by atoms with E-state index in [9.17, 15) is 0 Å². The van der Waals surface area contributed by atoms with Crippen LogP contribution in [0.1, 0.15) is 44.0 Å². The fourth-order valence-electron chi connectivity index (χ4n) is 2.73. The summed E-state index contributed by atoms with van der Waals surface area (Å²) in [5, 5.41) is 4.93. The van der Waals surface area contributed by atoms with Crippen molar-refractivity contribution in [1.82, 2.24) is 9.78 Å². The molecule has 0 saturated heterocycles. The number of nitrogens with zero attached hydrogens (tertiary/aromatic N) is 2. The molecular formula is C13H20BrClN2. The van der Waals surface area contributed by atoms with Crippen molar-refractivity contribution >= 4 is 27.5 Å². The van der Waals surface area contributed by atoms with E-state index in [1.54, 1.807) is 0 Å². The molecule has 1 fully saturated rings. The fraction of sp³-hybridized carbons (Fsp3) is 0.769. The number of alkyl halides is 1. The normalized spacial score (nSPS) is 25.2. The van der Waals surface area contributed by atoms with Crippen molar-refractivity contribution in [2.24, 2.45) is 13.0 Å². The number of hydrogen-bond acceptors (Lipinski definition) is 1. The lowest BCUT2D eigenvalue weighted by Crippen LogP contribution is -2.18. The predicted molar refractivity (Wildman–Crippen MR) is 75.6 cm³/mol. The van der Waals surface area contributed by atoms with Gasteiger partial charge in [0.25, 0.3) is 0 Å². The van der Waals surface area contributed by atoms with Crippen LogP contribution < -0.4 is 0 Å². The van der Waals surface area contributed by atoms with E-state index in [0.29, 0.717) is 5.38 Å². The lowest BCUT2D eigenvalue weighted by molar-refractivity contribution is 0.355. The van der Waals surface area contributed by atoms with Crippen LogP contribution in [0, 0.1) is 5.92 Å². The van der Waals surface area contributed by atoms with Crippen molar-refractivity contribution in [2.45, 2.75) is 50.8 Å². The van der Waals surface area contributed by atoms with E-state index in [1.165, 1.54) is 35.1 Å². The van der Waals surface area contributed by atoms with Crippen molar-refractivity contribution in [3.05, 3.63) is 15.9 Å². The third-order valence-corrected chi connectivity index (χ3v) is 5.02. The standard InChI is InChI=1S/C13H20BrClN2/c1-3-11-13(14)12(17(2)16-11)8-9-5-4-6-10(15)7-9/h9-10H,3-8H2,1-2H3. The van der Waals surface area contributed by atoms with E-state index in [0.717, 1.165) is 25.2 Å². The van der Waals surface area contributed by atoms with Crippen LogP contribution in [0.2, 0.25) is 0 Å². The van der Waals surface area contributed by atoms with Gasteiger partial charge in [-0.15, -0.1) is 11.6 Å². The molecule has 0 spiro atoms. The minimum atomic E-state index is 0.381. The molecule has 0 radical (unpaired) electrons. The molecule has 96 valence electrons. The minimum absolute atomic E-state index is 0.381. The molecular weight excluding hydrogens is 300 g/mol. The summed E-state index contributed by atoms with van der Waals surface area (Å²) >= 11 is 9.94. The van der Waals surface area contributed by atoms with Gasteiger partial charge < -0.3 is 0 Å². The van der Waals surface area contributed by atoms with Crippen LogP contribution in [-0.4, -0.2) is 15.2 Å². The van der Waals surface area contributed by atoms with Crippen molar-refractivity contribution < 1.29 is 0 Å². The molecule has 2 rings (SSSR count). The zero-order valence-corrected chi connectivity index (χ0v) is 12.9. The Morgan fingerprint density at radius 1 is 1.47 bits per heavy atom. The van der Waals surface area contributed by atoms with Gasteiger partial charge in [0.15, 0.2) is 0 Å². The number of aromatic nitrogens is 2. The number of rotatable bonds is 3. The summed E-state index contributed by atoms with van der Waals surface area (Å²) in [4.78, 5) is 0. The van der Waals surface area contributed by atoms with E-state index in [-0.39, 0.29) is 0 Å². The average molecular weight is 320 g/mol. The molecule has 0 aromatic carbocycles. The van der Waals surface area contributed by atoms with Gasteiger partial charge in [-0.3, -0.25) is 4.68 Å². The Hall–Kier alpha value is -0.0200. The highest BCUT2D eigenvalue weighted by molar-refractivity contribution is 9.10. The second-order valence-electron chi connectivity index (χ2n) is 5.02. The summed E-state index contributed by atoms with van der Waals surface area (Å²) in [5.41, 5.74) is 2.50. The highest BCUT2D eigenvalue weighted by atomic mass is 79.9. The second-order valence-corrected chi connectivity index (χ2v) is 6.43. The average Bonchev–Trinajstić information content (AvgIpc) is 2.56. The van der Waals surface area contributed by atoms with Gasteiger partial charge >= 0.3 is 0 Å². The monoisotopic (exact) mass is 318 g/mol. The largest absolute Gasteiger partial charge is 0.271 e. The topological polar surface area (TPSA) is 17.8 Å². The SMILES string of the molecule is CCc1nn(C)c(CC2CCCC(Cl)C2)c1Br. The first kappa shape index (κ1) is 13.4. The molecule has 2 unspecified atom stereocenters. The lowest BCUT2D eigenvalue weighted by atomic mass is 9.85. The third kappa shape index (κ3) is 3.05. The Morgan fingerprint density at radius 3 is 2.82 bits per heavy atom. The van der Waals surface area contributed by atoms with E-state index in [1.807, 2.05) is 11.7 Å². The summed E-state index contributed by atoms with van der Waals surface area (Å²) in [6.45, 7) is 2.15. The van der Waals surface area contributed by atoms with Gasteiger partial charge in [-0.25, -0.2) is 0 Å². The molecule has 0 bridgehead atoms. The first-order valence-corrected chi connectivity index (χ1v) is 7.69. The first-order valence-electron chi connectivity index (χ1n) is 6.46.